The number of morpholine rings is 1. The Morgan fingerprint density at radius 2 is 1.66 bits per heavy atom. The van der Waals surface area contributed by atoms with Gasteiger partial charge in [0.15, 0.2) is 0 Å². The fourth-order valence-electron chi connectivity index (χ4n) is 9.59. The molecule has 4 aromatic carbocycles. The maximum atomic E-state index is 16.2. The molecule has 2 N–H and O–H groups in total. The molecule has 3 aliphatic heterocycles. The molecule has 2 fully saturated rings. The summed E-state index contributed by atoms with van der Waals surface area (Å²) in [6, 6.07) is 27.8. The van der Waals surface area contributed by atoms with Gasteiger partial charge in [0.1, 0.15) is 36.5 Å². The number of imide groups is 1. The molecule has 0 radical (unpaired) electrons. The van der Waals surface area contributed by atoms with Crippen molar-refractivity contribution in [1.82, 2.24) is 10.2 Å². The standard InChI is InChI=1S/C50H49N3O9/c1-3-27-51-46(55)41-43-47(56)62-44(36-19-11-6-12-20-36)42(35-17-9-5-10-18-35)53(43)45(37-21-13-14-22-40(37)60-29-28-54)50(41)38-32-34(24-23-33-15-7-4-8-16-33)25-26-39(38)52(48(50)57)49(58)61-31-30-59-2/h3,5-6,9-15,17-22,25-26,32,41-45,54H,1,4,7-8,16,27-31H2,2H3,(H,51,55). The van der Waals surface area contributed by atoms with Gasteiger partial charge in [-0.25, -0.2) is 9.69 Å². The minimum atomic E-state index is -2.02. The smallest absolute Gasteiger partial charge is 0.421 e. The van der Waals surface area contributed by atoms with Crippen molar-refractivity contribution in [2.24, 2.45) is 5.92 Å². The monoisotopic (exact) mass is 835 g/mol. The van der Waals surface area contributed by atoms with E-state index in [-0.39, 0.29) is 38.7 Å². The molecule has 2 saturated heterocycles. The summed E-state index contributed by atoms with van der Waals surface area (Å²) in [6.45, 7) is 3.36. The van der Waals surface area contributed by atoms with E-state index in [4.69, 9.17) is 18.9 Å². The normalized spacial score (nSPS) is 23.9. The van der Waals surface area contributed by atoms with E-state index < -0.39 is 59.4 Å². The molecule has 12 nitrogen and oxygen atoms in total. The fraction of sp³-hybridized carbons (Fsp3) is 0.320. The summed E-state index contributed by atoms with van der Waals surface area (Å²) in [5.74, 6) is 3.31. The lowest BCUT2D eigenvalue weighted by molar-refractivity contribution is -0.178. The average molecular weight is 836 g/mol. The van der Waals surface area contributed by atoms with Crippen LogP contribution in [0.1, 0.15) is 71.7 Å². The van der Waals surface area contributed by atoms with Crippen LogP contribution in [0.25, 0.3) is 0 Å². The van der Waals surface area contributed by atoms with E-state index in [1.807, 2.05) is 65.6 Å². The number of para-hydroxylation sites is 1. The minimum Gasteiger partial charge on any atom is -0.491 e. The number of fused-ring (bicyclic) bond motifs is 3. The molecule has 0 bridgehead atoms. The fourth-order valence-corrected chi connectivity index (χ4v) is 9.59. The van der Waals surface area contributed by atoms with E-state index in [1.165, 1.54) is 13.2 Å². The van der Waals surface area contributed by atoms with Crippen molar-refractivity contribution < 1.29 is 43.2 Å². The van der Waals surface area contributed by atoms with Crippen LogP contribution in [-0.4, -0.2) is 80.0 Å². The van der Waals surface area contributed by atoms with Gasteiger partial charge in [-0.05, 0) is 72.2 Å². The summed E-state index contributed by atoms with van der Waals surface area (Å²) in [5.41, 5.74) is 1.92. The molecular formula is C50H49N3O9. The van der Waals surface area contributed by atoms with Crippen LogP contribution in [0.5, 0.6) is 5.75 Å². The molecule has 0 saturated carbocycles. The zero-order chi connectivity index (χ0) is 43.2. The molecular weight excluding hydrogens is 787 g/mol. The number of nitrogens with one attached hydrogen (secondary N) is 1. The summed E-state index contributed by atoms with van der Waals surface area (Å²) < 4.78 is 23.6. The van der Waals surface area contributed by atoms with Gasteiger partial charge in [-0.15, -0.1) is 6.58 Å². The van der Waals surface area contributed by atoms with E-state index in [9.17, 15) is 9.90 Å². The number of amides is 3. The van der Waals surface area contributed by atoms with Crippen LogP contribution in [0.15, 0.2) is 127 Å². The number of cyclic esters (lactones) is 1. The van der Waals surface area contributed by atoms with Crippen LogP contribution >= 0.6 is 0 Å². The Morgan fingerprint density at radius 1 is 0.919 bits per heavy atom. The SMILES string of the molecule is C=CCNC(=O)C1C2C(=O)OC(c3ccccc3)C(c3ccccc3)N2C(c2ccccc2OCCO)C12C(=O)N(C(=O)OCCOC)c1ccc(C#CC3=CCCCC3)cc12. The summed E-state index contributed by atoms with van der Waals surface area (Å²) in [6.07, 6.45) is 5.69. The van der Waals surface area contributed by atoms with Gasteiger partial charge < -0.3 is 29.4 Å². The Labute approximate surface area is 361 Å². The van der Waals surface area contributed by atoms with Crippen molar-refractivity contribution in [3.63, 3.8) is 0 Å². The van der Waals surface area contributed by atoms with Gasteiger partial charge in [-0.1, -0.05) is 103 Å². The lowest BCUT2D eigenvalue weighted by Crippen LogP contribution is -2.55. The van der Waals surface area contributed by atoms with Gasteiger partial charge in [0.25, 0.3) is 0 Å². The van der Waals surface area contributed by atoms with Crippen molar-refractivity contribution in [3.05, 3.63) is 155 Å². The number of benzene rings is 4. The molecule has 62 heavy (non-hydrogen) atoms. The van der Waals surface area contributed by atoms with Crippen LogP contribution in [0.3, 0.4) is 0 Å². The van der Waals surface area contributed by atoms with E-state index >= 15 is 14.4 Å². The number of hydrogen-bond donors (Lipinski definition) is 2. The van der Waals surface area contributed by atoms with Crippen LogP contribution in [0, 0.1) is 17.8 Å². The Hall–Kier alpha value is -6.52. The minimum absolute atomic E-state index is 0.0211. The van der Waals surface area contributed by atoms with E-state index in [1.54, 1.807) is 42.5 Å². The number of hydrogen-bond acceptors (Lipinski definition) is 10. The van der Waals surface area contributed by atoms with Gasteiger partial charge >= 0.3 is 12.1 Å². The number of rotatable bonds is 12. The maximum Gasteiger partial charge on any atom is 0.421 e. The number of anilines is 1. The first-order valence-electron chi connectivity index (χ1n) is 21.0. The molecule has 3 heterocycles. The topological polar surface area (TPSA) is 144 Å². The predicted molar refractivity (Wildman–Crippen MR) is 231 cm³/mol. The lowest BCUT2D eigenvalue weighted by Gasteiger charge is -2.46. The molecule has 4 aliphatic rings. The van der Waals surface area contributed by atoms with Crippen molar-refractivity contribution in [1.29, 1.82) is 0 Å². The summed E-state index contributed by atoms with van der Waals surface area (Å²) >= 11 is 0. The molecule has 0 aromatic heterocycles. The van der Waals surface area contributed by atoms with Gasteiger partial charge in [0, 0.05) is 24.8 Å². The number of carbonyl (C=O) groups is 4. The van der Waals surface area contributed by atoms with Gasteiger partial charge in [-0.3, -0.25) is 19.3 Å². The number of esters is 1. The number of methoxy groups -OCH3 is 1. The quantitative estimate of drug-likeness (QED) is 0.0689. The van der Waals surface area contributed by atoms with E-state index in [2.05, 4.69) is 29.8 Å². The molecule has 4 aromatic rings. The lowest BCUT2D eigenvalue weighted by atomic mass is 9.65. The van der Waals surface area contributed by atoms with Crippen LogP contribution in [0.4, 0.5) is 10.5 Å². The second-order valence-electron chi connectivity index (χ2n) is 15.6. The first-order valence-corrected chi connectivity index (χ1v) is 21.0. The highest BCUT2D eigenvalue weighted by Gasteiger charge is 2.76. The second kappa shape index (κ2) is 18.6. The third-order valence-corrected chi connectivity index (χ3v) is 12.1. The molecule has 8 rings (SSSR count). The van der Waals surface area contributed by atoms with Crippen molar-refractivity contribution in [2.45, 2.75) is 55.3 Å². The third kappa shape index (κ3) is 7.57. The van der Waals surface area contributed by atoms with Crippen molar-refractivity contribution in [3.8, 4) is 17.6 Å². The number of aliphatic hydroxyl groups excluding tert-OH is 1. The number of aliphatic hydroxyl groups is 1. The first-order chi connectivity index (χ1) is 30.3. The number of ether oxygens (including phenoxy) is 4. The molecule has 12 heteroatoms. The first kappa shape index (κ1) is 42.2. The number of allylic oxidation sites excluding steroid dienone is 2. The maximum absolute atomic E-state index is 16.2. The predicted octanol–water partition coefficient (Wildman–Crippen LogP) is 6.66. The zero-order valence-corrected chi connectivity index (χ0v) is 34.5. The third-order valence-electron chi connectivity index (χ3n) is 12.1. The Balaban J connectivity index is 1.47. The van der Waals surface area contributed by atoms with Crippen molar-refractivity contribution in [2.75, 3.05) is 45.0 Å². The molecule has 6 unspecified atom stereocenters. The Kier molecular flexibility index (Phi) is 12.7. The summed E-state index contributed by atoms with van der Waals surface area (Å²) in [4.78, 5) is 63.9. The number of nitrogens with zero attached hydrogens (tertiary/aromatic N) is 2. The molecule has 1 aliphatic carbocycles. The van der Waals surface area contributed by atoms with Crippen LogP contribution in [0.2, 0.25) is 0 Å². The van der Waals surface area contributed by atoms with E-state index in [0.717, 1.165) is 41.7 Å². The molecule has 318 valence electrons. The average Bonchev–Trinajstić information content (AvgIpc) is 3.76. The molecule has 1 spiro atoms. The summed E-state index contributed by atoms with van der Waals surface area (Å²) in [5, 5.41) is 12.9. The van der Waals surface area contributed by atoms with E-state index in [0.29, 0.717) is 28.0 Å². The highest BCUT2D eigenvalue weighted by molar-refractivity contribution is 6.23. The van der Waals surface area contributed by atoms with Crippen LogP contribution < -0.4 is 15.0 Å². The van der Waals surface area contributed by atoms with Gasteiger partial charge in [-0.2, -0.15) is 0 Å². The molecule has 3 amide bonds. The number of carbonyl (C=O) groups excluding carboxylic acids is 4. The second-order valence-corrected chi connectivity index (χ2v) is 15.6. The largest absolute Gasteiger partial charge is 0.491 e. The van der Waals surface area contributed by atoms with Gasteiger partial charge in [0.05, 0.1) is 36.9 Å². The highest BCUT2D eigenvalue weighted by atomic mass is 16.6. The highest BCUT2D eigenvalue weighted by Crippen LogP contribution is 2.66. The summed E-state index contributed by atoms with van der Waals surface area (Å²) in [7, 11) is 1.47. The van der Waals surface area contributed by atoms with Crippen LogP contribution in [-0.2, 0) is 34.0 Å². The van der Waals surface area contributed by atoms with Crippen molar-refractivity contribution >= 4 is 29.6 Å². The molecule has 6 atom stereocenters. The Bertz CT molecular complexity index is 2430. The Morgan fingerprint density at radius 3 is 2.37 bits per heavy atom. The zero-order valence-electron chi connectivity index (χ0n) is 34.5. The van der Waals surface area contributed by atoms with Gasteiger partial charge in [0.2, 0.25) is 11.8 Å².